The van der Waals surface area contributed by atoms with Gasteiger partial charge in [0.1, 0.15) is 11.9 Å². The third kappa shape index (κ3) is 3.69. The number of urea groups is 1. The average Bonchev–Trinajstić information content (AvgIpc) is 2.89. The smallest absolute Gasteiger partial charge is 0.319 e. The minimum Gasteiger partial charge on any atom is -0.481 e. The van der Waals surface area contributed by atoms with Crippen LogP contribution in [0.1, 0.15) is 24.8 Å². The number of carboxylic acid groups (broad SMARTS) is 1. The quantitative estimate of drug-likeness (QED) is 0.793. The summed E-state index contributed by atoms with van der Waals surface area (Å²) in [7, 11) is 0. The summed E-state index contributed by atoms with van der Waals surface area (Å²) in [4.78, 5) is 22.6. The number of carbonyl (C=O) groups excluding carboxylic acids is 1. The van der Waals surface area contributed by atoms with Crippen molar-refractivity contribution in [2.45, 2.75) is 25.3 Å². The van der Waals surface area contributed by atoms with Gasteiger partial charge in [-0.1, -0.05) is 0 Å². The van der Waals surface area contributed by atoms with E-state index in [9.17, 15) is 14.0 Å². The van der Waals surface area contributed by atoms with Gasteiger partial charge in [0, 0.05) is 11.7 Å². The Morgan fingerprint density at radius 2 is 2.14 bits per heavy atom. The zero-order valence-electron chi connectivity index (χ0n) is 11.1. The van der Waals surface area contributed by atoms with Crippen LogP contribution in [0.2, 0.25) is 0 Å². The van der Waals surface area contributed by atoms with E-state index in [1.54, 1.807) is 6.07 Å². The van der Waals surface area contributed by atoms with E-state index in [1.165, 1.54) is 12.1 Å². The zero-order chi connectivity index (χ0) is 15.4. The fourth-order valence-corrected chi connectivity index (χ4v) is 2.38. The molecule has 0 bridgehead atoms. The maximum atomic E-state index is 13.1. The number of carboxylic acids is 1. The molecule has 0 radical (unpaired) electrons. The molecule has 1 fully saturated rings. The van der Waals surface area contributed by atoms with Crippen molar-refractivity contribution < 1.29 is 19.1 Å². The summed E-state index contributed by atoms with van der Waals surface area (Å²) in [5.41, 5.74) is 0.151. The molecule has 1 aromatic rings. The van der Waals surface area contributed by atoms with Gasteiger partial charge in [0.15, 0.2) is 0 Å². The molecule has 0 heterocycles. The molecule has 0 saturated heterocycles. The molecule has 0 spiro atoms. The zero-order valence-corrected chi connectivity index (χ0v) is 11.1. The van der Waals surface area contributed by atoms with E-state index < -0.39 is 23.7 Å². The Morgan fingerprint density at radius 3 is 2.76 bits per heavy atom. The minimum atomic E-state index is -0.850. The number of aliphatic carboxylic acids is 1. The maximum Gasteiger partial charge on any atom is 0.319 e. The van der Waals surface area contributed by atoms with Crippen LogP contribution in [-0.2, 0) is 4.79 Å². The first-order chi connectivity index (χ1) is 9.99. The summed E-state index contributed by atoms with van der Waals surface area (Å²) in [5.74, 6) is -1.92. The number of benzene rings is 1. The Bertz CT molecular complexity index is 612. The van der Waals surface area contributed by atoms with E-state index in [-0.39, 0.29) is 11.6 Å². The summed E-state index contributed by atoms with van der Waals surface area (Å²) in [6, 6.07) is 4.69. The molecule has 2 atom stereocenters. The topological polar surface area (TPSA) is 102 Å². The number of nitriles is 1. The van der Waals surface area contributed by atoms with Crippen LogP contribution in [0.15, 0.2) is 18.2 Å². The highest BCUT2D eigenvalue weighted by Crippen LogP contribution is 2.25. The van der Waals surface area contributed by atoms with E-state index in [1.807, 2.05) is 0 Å². The molecule has 0 aromatic heterocycles. The Labute approximate surface area is 120 Å². The predicted octanol–water partition coefficient (Wildman–Crippen LogP) is 2.07. The van der Waals surface area contributed by atoms with E-state index >= 15 is 0 Å². The van der Waals surface area contributed by atoms with E-state index in [2.05, 4.69) is 10.6 Å². The highest BCUT2D eigenvalue weighted by atomic mass is 19.1. The average molecular weight is 291 g/mol. The molecular formula is C14H14FN3O3. The molecule has 1 aliphatic carbocycles. The number of nitrogens with zero attached hydrogens (tertiary/aromatic N) is 1. The SMILES string of the molecule is N#Cc1cc(NC(=O)N[C@H]2CC[C@@H](C(=O)O)C2)ccc1F. The Hall–Kier alpha value is -2.62. The van der Waals surface area contributed by atoms with E-state index in [4.69, 9.17) is 10.4 Å². The van der Waals surface area contributed by atoms with Crippen molar-refractivity contribution in [2.24, 2.45) is 5.92 Å². The van der Waals surface area contributed by atoms with E-state index in [0.717, 1.165) is 6.07 Å². The van der Waals surface area contributed by atoms with Gasteiger partial charge in [-0.2, -0.15) is 5.26 Å². The van der Waals surface area contributed by atoms with Gasteiger partial charge >= 0.3 is 12.0 Å². The van der Waals surface area contributed by atoms with Crippen molar-refractivity contribution >= 4 is 17.7 Å². The molecule has 1 aromatic carbocycles. The molecule has 2 amide bonds. The highest BCUT2D eigenvalue weighted by Gasteiger charge is 2.30. The van der Waals surface area contributed by atoms with Crippen LogP contribution < -0.4 is 10.6 Å². The third-order valence-electron chi connectivity index (χ3n) is 3.46. The monoisotopic (exact) mass is 291 g/mol. The lowest BCUT2D eigenvalue weighted by Gasteiger charge is -2.13. The molecule has 110 valence electrons. The van der Waals surface area contributed by atoms with Crippen LogP contribution in [0.25, 0.3) is 0 Å². The third-order valence-corrected chi connectivity index (χ3v) is 3.46. The number of hydrogen-bond donors (Lipinski definition) is 3. The normalized spacial score (nSPS) is 20.6. The number of rotatable bonds is 3. The van der Waals surface area contributed by atoms with Crippen LogP contribution in [0.3, 0.4) is 0 Å². The molecule has 7 heteroatoms. The standard InChI is InChI=1S/C14H14FN3O3/c15-12-4-3-11(6-9(12)7-16)18-14(21)17-10-2-1-8(5-10)13(19)20/h3-4,6,8,10H,1-2,5H2,(H,19,20)(H2,17,18,21)/t8-,10+/m1/s1. The molecule has 1 aliphatic rings. The van der Waals surface area contributed by atoms with Crippen molar-refractivity contribution in [3.63, 3.8) is 0 Å². The second-order valence-corrected chi connectivity index (χ2v) is 4.95. The lowest BCUT2D eigenvalue weighted by atomic mass is 10.1. The maximum absolute atomic E-state index is 13.1. The van der Waals surface area contributed by atoms with Crippen LogP contribution in [-0.4, -0.2) is 23.1 Å². The summed E-state index contributed by atoms with van der Waals surface area (Å²) in [6.45, 7) is 0. The first-order valence-corrected chi connectivity index (χ1v) is 6.49. The number of nitrogens with one attached hydrogen (secondary N) is 2. The highest BCUT2D eigenvalue weighted by molar-refractivity contribution is 5.89. The van der Waals surface area contributed by atoms with Crippen LogP contribution in [0.5, 0.6) is 0 Å². The van der Waals surface area contributed by atoms with Gasteiger partial charge in [0.25, 0.3) is 0 Å². The Balaban J connectivity index is 1.91. The minimum absolute atomic E-state index is 0.153. The number of halogens is 1. The van der Waals surface area contributed by atoms with Gasteiger partial charge in [-0.15, -0.1) is 0 Å². The molecule has 0 aliphatic heterocycles. The van der Waals surface area contributed by atoms with Gasteiger partial charge < -0.3 is 15.7 Å². The number of hydrogen-bond acceptors (Lipinski definition) is 3. The molecule has 1 saturated carbocycles. The summed E-state index contributed by atoms with van der Waals surface area (Å²) < 4.78 is 13.1. The first kappa shape index (κ1) is 14.8. The van der Waals surface area contributed by atoms with Crippen LogP contribution in [0.4, 0.5) is 14.9 Å². The lowest BCUT2D eigenvalue weighted by molar-refractivity contribution is -0.141. The second-order valence-electron chi connectivity index (χ2n) is 4.95. The first-order valence-electron chi connectivity index (χ1n) is 6.49. The molecule has 0 unspecified atom stereocenters. The molecule has 6 nitrogen and oxygen atoms in total. The van der Waals surface area contributed by atoms with Gasteiger partial charge in [0.05, 0.1) is 11.5 Å². The lowest BCUT2D eigenvalue weighted by Crippen LogP contribution is -2.36. The number of anilines is 1. The Kier molecular flexibility index (Phi) is 4.38. The van der Waals surface area contributed by atoms with Crippen molar-refractivity contribution in [3.8, 4) is 6.07 Å². The molecule has 3 N–H and O–H groups in total. The van der Waals surface area contributed by atoms with Gasteiger partial charge in [0.2, 0.25) is 0 Å². The predicted molar refractivity (Wildman–Crippen MR) is 72.0 cm³/mol. The fraction of sp³-hybridized carbons (Fsp3) is 0.357. The van der Waals surface area contributed by atoms with Crippen molar-refractivity contribution in [2.75, 3.05) is 5.32 Å². The van der Waals surface area contributed by atoms with Gasteiger partial charge in [-0.3, -0.25) is 4.79 Å². The molecule has 21 heavy (non-hydrogen) atoms. The van der Waals surface area contributed by atoms with Gasteiger partial charge in [-0.05, 0) is 37.5 Å². The van der Waals surface area contributed by atoms with Crippen molar-refractivity contribution in [3.05, 3.63) is 29.6 Å². The van der Waals surface area contributed by atoms with Crippen LogP contribution >= 0.6 is 0 Å². The van der Waals surface area contributed by atoms with E-state index in [0.29, 0.717) is 24.9 Å². The molecular weight excluding hydrogens is 277 g/mol. The summed E-state index contributed by atoms with van der Waals surface area (Å²) >= 11 is 0. The Morgan fingerprint density at radius 1 is 1.38 bits per heavy atom. The second kappa shape index (κ2) is 6.22. The van der Waals surface area contributed by atoms with Crippen LogP contribution in [0, 0.1) is 23.1 Å². The largest absolute Gasteiger partial charge is 0.481 e. The summed E-state index contributed by atoms with van der Waals surface area (Å²) in [6.07, 6.45) is 1.54. The number of carbonyl (C=O) groups is 2. The van der Waals surface area contributed by atoms with Crippen molar-refractivity contribution in [1.29, 1.82) is 5.26 Å². The fourth-order valence-electron chi connectivity index (χ4n) is 2.38. The van der Waals surface area contributed by atoms with Gasteiger partial charge in [-0.25, -0.2) is 9.18 Å². The summed E-state index contributed by atoms with van der Waals surface area (Å²) in [5, 5.41) is 22.8. The molecule has 2 rings (SSSR count). The van der Waals surface area contributed by atoms with Crippen molar-refractivity contribution in [1.82, 2.24) is 5.32 Å². The number of amides is 2.